The number of carbonyl (C=O) groups is 1. The molecule has 0 aliphatic carbocycles. The molecule has 0 bridgehead atoms. The molecule has 0 aliphatic rings. The summed E-state index contributed by atoms with van der Waals surface area (Å²) in [6, 6.07) is 5.69. The van der Waals surface area contributed by atoms with Gasteiger partial charge in [0.1, 0.15) is 11.4 Å². The Morgan fingerprint density at radius 3 is 2.57 bits per heavy atom. The molecule has 1 N–H and O–H groups in total. The summed E-state index contributed by atoms with van der Waals surface area (Å²) in [5, 5.41) is 13.0. The first-order valence-electron chi connectivity index (χ1n) is 6.34. The molecule has 2 aromatic rings. The van der Waals surface area contributed by atoms with E-state index >= 15 is 0 Å². The van der Waals surface area contributed by atoms with Crippen molar-refractivity contribution in [2.24, 2.45) is 0 Å². The highest BCUT2D eigenvalue weighted by atomic mass is 19.1. The number of carboxylic acid groups (broad SMARTS) is 1. The number of hydrogen-bond acceptors (Lipinski definition) is 5. The van der Waals surface area contributed by atoms with Gasteiger partial charge in [0.15, 0.2) is 5.82 Å². The summed E-state index contributed by atoms with van der Waals surface area (Å²) in [6.45, 7) is 3.41. The van der Waals surface area contributed by atoms with Crippen molar-refractivity contribution < 1.29 is 18.8 Å². The average molecular weight is 293 g/mol. The van der Waals surface area contributed by atoms with Gasteiger partial charge in [0.25, 0.3) is 5.89 Å². The van der Waals surface area contributed by atoms with Crippen molar-refractivity contribution >= 4 is 5.97 Å². The Morgan fingerprint density at radius 2 is 2.00 bits per heavy atom. The van der Waals surface area contributed by atoms with Crippen LogP contribution in [0, 0.1) is 5.82 Å². The molecule has 0 radical (unpaired) electrons. The number of carboxylic acids is 1. The largest absolute Gasteiger partial charge is 0.480 e. The minimum absolute atomic E-state index is 0.226. The standard InChI is InChI=1S/C14H16FN3O3/c1-14(2,13(19)20)18(3)8-11-16-12(21-17-11)9-4-6-10(15)7-5-9/h4-7H,8H2,1-3H3,(H,19,20). The van der Waals surface area contributed by atoms with E-state index < -0.39 is 11.5 Å². The van der Waals surface area contributed by atoms with Gasteiger partial charge in [-0.3, -0.25) is 9.69 Å². The fourth-order valence-electron chi connectivity index (χ4n) is 1.60. The molecule has 0 spiro atoms. The van der Waals surface area contributed by atoms with Gasteiger partial charge < -0.3 is 9.63 Å². The van der Waals surface area contributed by atoms with Crippen molar-refractivity contribution in [1.82, 2.24) is 15.0 Å². The SMILES string of the molecule is CN(Cc1noc(-c2ccc(F)cc2)n1)C(C)(C)C(=O)O. The van der Waals surface area contributed by atoms with E-state index in [1.807, 2.05) is 0 Å². The first kappa shape index (κ1) is 15.1. The topological polar surface area (TPSA) is 79.5 Å². The normalized spacial score (nSPS) is 11.9. The third-order valence-corrected chi connectivity index (χ3v) is 3.42. The first-order chi connectivity index (χ1) is 9.80. The highest BCUT2D eigenvalue weighted by Gasteiger charge is 2.32. The lowest BCUT2D eigenvalue weighted by Gasteiger charge is -2.30. The van der Waals surface area contributed by atoms with E-state index in [0.717, 1.165) is 0 Å². The van der Waals surface area contributed by atoms with Crippen LogP contribution in [0.4, 0.5) is 4.39 Å². The van der Waals surface area contributed by atoms with Crippen LogP contribution in [0.2, 0.25) is 0 Å². The molecular formula is C14H16FN3O3. The fourth-order valence-corrected chi connectivity index (χ4v) is 1.60. The fraction of sp³-hybridized carbons (Fsp3) is 0.357. The number of nitrogens with zero attached hydrogens (tertiary/aromatic N) is 3. The van der Waals surface area contributed by atoms with Gasteiger partial charge >= 0.3 is 5.97 Å². The lowest BCUT2D eigenvalue weighted by Crippen LogP contribution is -2.47. The molecule has 0 aliphatic heterocycles. The van der Waals surface area contributed by atoms with E-state index in [2.05, 4.69) is 10.1 Å². The van der Waals surface area contributed by atoms with Gasteiger partial charge in [-0.25, -0.2) is 4.39 Å². The molecule has 2 rings (SSSR count). The Labute approximate surface area is 121 Å². The Hall–Kier alpha value is -2.28. The highest BCUT2D eigenvalue weighted by molar-refractivity contribution is 5.77. The predicted molar refractivity (Wildman–Crippen MR) is 72.9 cm³/mol. The number of rotatable bonds is 5. The summed E-state index contributed by atoms with van der Waals surface area (Å²) >= 11 is 0. The minimum Gasteiger partial charge on any atom is -0.480 e. The van der Waals surface area contributed by atoms with Crippen molar-refractivity contribution in [3.8, 4) is 11.5 Å². The quantitative estimate of drug-likeness (QED) is 0.910. The molecule has 6 nitrogen and oxygen atoms in total. The zero-order chi connectivity index (χ0) is 15.6. The first-order valence-corrected chi connectivity index (χ1v) is 6.34. The van der Waals surface area contributed by atoms with Crippen LogP contribution < -0.4 is 0 Å². The molecular weight excluding hydrogens is 277 g/mol. The van der Waals surface area contributed by atoms with Crippen LogP contribution in [0.3, 0.4) is 0 Å². The molecule has 0 saturated carbocycles. The van der Waals surface area contributed by atoms with Gasteiger partial charge in [-0.1, -0.05) is 5.16 Å². The van der Waals surface area contributed by atoms with Crippen molar-refractivity contribution in [3.63, 3.8) is 0 Å². The molecule has 0 amide bonds. The summed E-state index contributed by atoms with van der Waals surface area (Å²) in [5.74, 6) is -0.647. The lowest BCUT2D eigenvalue weighted by molar-refractivity contribution is -0.148. The van der Waals surface area contributed by atoms with Gasteiger partial charge in [0.2, 0.25) is 0 Å². The second kappa shape index (κ2) is 5.61. The van der Waals surface area contributed by atoms with E-state index in [0.29, 0.717) is 11.4 Å². The van der Waals surface area contributed by atoms with Gasteiger partial charge in [0.05, 0.1) is 6.54 Å². The smallest absolute Gasteiger partial charge is 0.323 e. The number of benzene rings is 1. The van der Waals surface area contributed by atoms with E-state index in [4.69, 9.17) is 9.63 Å². The zero-order valence-corrected chi connectivity index (χ0v) is 12.0. The minimum atomic E-state index is -1.04. The van der Waals surface area contributed by atoms with Gasteiger partial charge in [-0.05, 0) is 45.2 Å². The van der Waals surface area contributed by atoms with Crippen LogP contribution in [-0.4, -0.2) is 38.7 Å². The van der Waals surface area contributed by atoms with E-state index in [9.17, 15) is 9.18 Å². The molecule has 1 aromatic carbocycles. The number of halogens is 1. The second-order valence-electron chi connectivity index (χ2n) is 5.24. The van der Waals surface area contributed by atoms with Crippen molar-refractivity contribution in [2.45, 2.75) is 25.9 Å². The Bertz CT molecular complexity index is 637. The number of aromatic nitrogens is 2. The maximum atomic E-state index is 12.9. The zero-order valence-electron chi connectivity index (χ0n) is 12.0. The maximum absolute atomic E-state index is 12.9. The van der Waals surface area contributed by atoms with Crippen LogP contribution in [0.25, 0.3) is 11.5 Å². The molecule has 0 fully saturated rings. The molecule has 21 heavy (non-hydrogen) atoms. The maximum Gasteiger partial charge on any atom is 0.323 e. The van der Waals surface area contributed by atoms with Crippen molar-refractivity contribution in [3.05, 3.63) is 35.9 Å². The molecule has 112 valence electrons. The molecule has 1 heterocycles. The molecule has 0 saturated heterocycles. The Kier molecular flexibility index (Phi) is 4.04. The van der Waals surface area contributed by atoms with Gasteiger partial charge in [-0.2, -0.15) is 4.98 Å². The van der Waals surface area contributed by atoms with Crippen molar-refractivity contribution in [1.29, 1.82) is 0 Å². The van der Waals surface area contributed by atoms with Crippen LogP contribution in [0.15, 0.2) is 28.8 Å². The molecule has 7 heteroatoms. The molecule has 1 aromatic heterocycles. The lowest BCUT2D eigenvalue weighted by atomic mass is 10.0. The Morgan fingerprint density at radius 1 is 1.38 bits per heavy atom. The summed E-state index contributed by atoms with van der Waals surface area (Å²) < 4.78 is 18.0. The number of hydrogen-bond donors (Lipinski definition) is 1. The molecule has 0 unspecified atom stereocenters. The van der Waals surface area contributed by atoms with Crippen LogP contribution in [0.5, 0.6) is 0 Å². The monoisotopic (exact) mass is 293 g/mol. The average Bonchev–Trinajstić information content (AvgIpc) is 2.87. The van der Waals surface area contributed by atoms with E-state index in [-0.39, 0.29) is 18.3 Å². The highest BCUT2D eigenvalue weighted by Crippen LogP contribution is 2.19. The van der Waals surface area contributed by atoms with Gasteiger partial charge in [-0.15, -0.1) is 0 Å². The van der Waals surface area contributed by atoms with Gasteiger partial charge in [0, 0.05) is 5.56 Å². The van der Waals surface area contributed by atoms with E-state index in [1.165, 1.54) is 24.3 Å². The summed E-state index contributed by atoms with van der Waals surface area (Å²) in [4.78, 5) is 17.0. The number of aliphatic carboxylic acids is 1. The van der Waals surface area contributed by atoms with Crippen LogP contribution >= 0.6 is 0 Å². The third kappa shape index (κ3) is 3.25. The summed E-state index contributed by atoms with van der Waals surface area (Å²) in [6.07, 6.45) is 0. The van der Waals surface area contributed by atoms with E-state index in [1.54, 1.807) is 25.8 Å². The number of likely N-dealkylation sites (N-methyl/N-ethyl adjacent to an activating group) is 1. The van der Waals surface area contributed by atoms with Crippen LogP contribution in [0.1, 0.15) is 19.7 Å². The third-order valence-electron chi connectivity index (χ3n) is 3.42. The van der Waals surface area contributed by atoms with Crippen molar-refractivity contribution in [2.75, 3.05) is 7.05 Å². The molecule has 0 atom stereocenters. The summed E-state index contributed by atoms with van der Waals surface area (Å²) in [7, 11) is 1.67. The predicted octanol–water partition coefficient (Wildman–Crippen LogP) is 2.17. The Balaban J connectivity index is 2.14. The summed E-state index contributed by atoms with van der Waals surface area (Å²) in [5.41, 5.74) is -0.438. The second-order valence-corrected chi connectivity index (χ2v) is 5.24. The van der Waals surface area contributed by atoms with Crippen LogP contribution in [-0.2, 0) is 11.3 Å².